The largest absolute Gasteiger partial charge is 0.337 e. The molecule has 252 valence electrons. The molecule has 0 fully saturated rings. The normalized spacial score (nSPS) is 11.2. The van der Waals surface area contributed by atoms with Crippen LogP contribution < -0.4 is 21.3 Å². The van der Waals surface area contributed by atoms with Crippen molar-refractivity contribution < 1.29 is 9.59 Å². The van der Waals surface area contributed by atoms with Crippen LogP contribution in [0.3, 0.4) is 0 Å². The van der Waals surface area contributed by atoms with Crippen LogP contribution in [-0.2, 0) is 6.42 Å². The Morgan fingerprint density at radius 2 is 0.867 bits per heavy atom. The average molecular weight is 623 g/mol. The van der Waals surface area contributed by atoms with E-state index in [4.69, 9.17) is 0 Å². The highest BCUT2D eigenvalue weighted by Gasteiger charge is 2.06. The minimum atomic E-state index is -0.178. The van der Waals surface area contributed by atoms with Crippen LogP contribution in [0.1, 0.15) is 102 Å². The molecular weight excluding hydrogens is 560 g/mol. The molecule has 0 radical (unpaired) electrons. The minimum Gasteiger partial charge on any atom is -0.337 e. The summed E-state index contributed by atoms with van der Waals surface area (Å²) in [5, 5.41) is 11.8. The Hall–Kier alpha value is -3.10. The number of carbonyl (C=O) groups excluding carboxylic acids is 2. The van der Waals surface area contributed by atoms with Crippen molar-refractivity contribution in [2.45, 2.75) is 97.3 Å². The summed E-state index contributed by atoms with van der Waals surface area (Å²) in [6, 6.07) is 15.5. The zero-order valence-electron chi connectivity index (χ0n) is 28.8. The van der Waals surface area contributed by atoms with E-state index >= 15 is 0 Å². The lowest BCUT2D eigenvalue weighted by Crippen LogP contribution is -2.35. The fourth-order valence-corrected chi connectivity index (χ4v) is 5.27. The van der Waals surface area contributed by atoms with Crippen molar-refractivity contribution in [1.29, 1.82) is 0 Å². The zero-order valence-corrected chi connectivity index (χ0v) is 28.8. The van der Waals surface area contributed by atoms with Crippen molar-refractivity contribution >= 4 is 23.4 Å². The summed E-state index contributed by atoms with van der Waals surface area (Å²) in [6.07, 6.45) is 16.3. The van der Waals surface area contributed by atoms with Crippen LogP contribution in [0.4, 0.5) is 21.0 Å². The maximum Gasteiger partial charge on any atom is 0.319 e. The van der Waals surface area contributed by atoms with Gasteiger partial charge in [0.05, 0.1) is 0 Å². The summed E-state index contributed by atoms with van der Waals surface area (Å²) in [4.78, 5) is 29.2. The van der Waals surface area contributed by atoms with E-state index in [1.807, 2.05) is 48.5 Å². The molecule has 0 saturated carbocycles. The molecule has 0 saturated heterocycles. The molecule has 45 heavy (non-hydrogen) atoms. The van der Waals surface area contributed by atoms with Crippen LogP contribution in [0.15, 0.2) is 48.5 Å². The number of nitrogens with one attached hydrogen (secondary N) is 4. The molecule has 0 spiro atoms. The molecule has 4 amide bonds. The van der Waals surface area contributed by atoms with Gasteiger partial charge in [-0.2, -0.15) is 0 Å². The first-order valence-corrected chi connectivity index (χ1v) is 17.5. The number of benzene rings is 2. The van der Waals surface area contributed by atoms with E-state index in [2.05, 4.69) is 59.0 Å². The molecule has 0 unspecified atom stereocenters. The maximum atomic E-state index is 12.3. The van der Waals surface area contributed by atoms with Gasteiger partial charge < -0.3 is 31.1 Å². The van der Waals surface area contributed by atoms with E-state index in [1.54, 1.807) is 0 Å². The van der Waals surface area contributed by atoms with Gasteiger partial charge in [0.1, 0.15) is 0 Å². The SMILES string of the molecule is CCCCCCCCN(C)CCNC(=O)Nc1ccc(Cc2ccc(NC(=O)NCCN(C)CCCCCCCC)cc2)cc1. The smallest absolute Gasteiger partial charge is 0.319 e. The predicted molar refractivity (Wildman–Crippen MR) is 191 cm³/mol. The predicted octanol–water partition coefficient (Wildman–Crippen LogP) is 8.11. The molecule has 0 bridgehead atoms. The standard InChI is InChI=1S/C37H62N6O2/c1-5-7-9-11-13-15-27-42(3)29-25-38-36(44)40-34-21-17-32(18-22-34)31-33-19-23-35(24-20-33)41-37(45)39-26-30-43(4)28-16-14-12-10-8-6-2/h17-24H,5-16,25-31H2,1-4H3,(H2,38,40,44)(H2,39,41,45). The quantitative estimate of drug-likeness (QED) is 0.0891. The highest BCUT2D eigenvalue weighted by atomic mass is 16.2. The number of unbranched alkanes of at least 4 members (excludes halogenated alkanes) is 10. The fourth-order valence-electron chi connectivity index (χ4n) is 5.27. The monoisotopic (exact) mass is 622 g/mol. The fraction of sp³-hybridized carbons (Fsp3) is 0.622. The number of anilines is 2. The Balaban J connectivity index is 1.59. The summed E-state index contributed by atoms with van der Waals surface area (Å²) in [5.74, 6) is 0. The second-order valence-electron chi connectivity index (χ2n) is 12.5. The summed E-state index contributed by atoms with van der Waals surface area (Å²) >= 11 is 0. The van der Waals surface area contributed by atoms with Crippen LogP contribution in [0, 0.1) is 0 Å². The molecule has 8 nitrogen and oxygen atoms in total. The number of hydrogen-bond acceptors (Lipinski definition) is 4. The van der Waals surface area contributed by atoms with Gasteiger partial charge in [0, 0.05) is 37.6 Å². The number of carbonyl (C=O) groups is 2. The molecule has 2 aromatic rings. The third-order valence-electron chi connectivity index (χ3n) is 8.18. The summed E-state index contributed by atoms with van der Waals surface area (Å²) in [5.41, 5.74) is 3.85. The number of likely N-dealkylation sites (N-methyl/N-ethyl adjacent to an activating group) is 2. The van der Waals surface area contributed by atoms with Crippen LogP contribution in [-0.4, -0.2) is 75.2 Å². The van der Waals surface area contributed by atoms with Crippen molar-refractivity contribution in [1.82, 2.24) is 20.4 Å². The lowest BCUT2D eigenvalue weighted by Gasteiger charge is -2.17. The molecule has 0 aromatic heterocycles. The summed E-state index contributed by atoms with van der Waals surface area (Å²) in [6.45, 7) is 9.57. The van der Waals surface area contributed by atoms with Gasteiger partial charge in [0.15, 0.2) is 0 Å². The number of amides is 4. The Morgan fingerprint density at radius 3 is 1.24 bits per heavy atom. The van der Waals surface area contributed by atoms with E-state index < -0.39 is 0 Å². The van der Waals surface area contributed by atoms with Crippen LogP contribution in [0.2, 0.25) is 0 Å². The van der Waals surface area contributed by atoms with Gasteiger partial charge in [-0.15, -0.1) is 0 Å². The van der Waals surface area contributed by atoms with Gasteiger partial charge in [-0.3, -0.25) is 0 Å². The summed E-state index contributed by atoms with van der Waals surface area (Å²) in [7, 11) is 4.23. The van der Waals surface area contributed by atoms with Crippen molar-refractivity contribution in [2.24, 2.45) is 0 Å². The second-order valence-corrected chi connectivity index (χ2v) is 12.5. The zero-order chi connectivity index (χ0) is 32.5. The third-order valence-corrected chi connectivity index (χ3v) is 8.18. The lowest BCUT2D eigenvalue weighted by molar-refractivity contribution is 0.248. The first-order valence-electron chi connectivity index (χ1n) is 17.5. The molecule has 0 heterocycles. The lowest BCUT2D eigenvalue weighted by atomic mass is 10.0. The van der Waals surface area contributed by atoms with E-state index in [-0.39, 0.29) is 12.1 Å². The van der Waals surface area contributed by atoms with Crippen LogP contribution in [0.25, 0.3) is 0 Å². The Morgan fingerprint density at radius 1 is 0.511 bits per heavy atom. The van der Waals surface area contributed by atoms with Gasteiger partial charge in [-0.25, -0.2) is 9.59 Å². The average Bonchev–Trinajstić information content (AvgIpc) is 3.02. The number of rotatable bonds is 24. The molecule has 2 aromatic carbocycles. The van der Waals surface area contributed by atoms with Crippen LogP contribution >= 0.6 is 0 Å². The minimum absolute atomic E-state index is 0.178. The maximum absolute atomic E-state index is 12.3. The topological polar surface area (TPSA) is 88.7 Å². The Bertz CT molecular complexity index is 960. The third kappa shape index (κ3) is 19.1. The molecule has 0 atom stereocenters. The molecule has 8 heteroatoms. The van der Waals surface area contributed by atoms with Crippen molar-refractivity contribution in [3.63, 3.8) is 0 Å². The van der Waals surface area contributed by atoms with Crippen molar-refractivity contribution in [3.05, 3.63) is 59.7 Å². The van der Waals surface area contributed by atoms with Gasteiger partial charge >= 0.3 is 12.1 Å². The Labute approximate surface area is 274 Å². The molecule has 4 N–H and O–H groups in total. The molecule has 0 aliphatic carbocycles. The number of urea groups is 2. The van der Waals surface area contributed by atoms with Gasteiger partial charge in [-0.05, 0) is 81.8 Å². The first-order chi connectivity index (χ1) is 21.9. The molecule has 0 aliphatic rings. The van der Waals surface area contributed by atoms with E-state index in [0.29, 0.717) is 13.1 Å². The van der Waals surface area contributed by atoms with Gasteiger partial charge in [0.2, 0.25) is 0 Å². The van der Waals surface area contributed by atoms with Gasteiger partial charge in [0.25, 0.3) is 0 Å². The van der Waals surface area contributed by atoms with Crippen molar-refractivity contribution in [3.8, 4) is 0 Å². The number of nitrogens with zero attached hydrogens (tertiary/aromatic N) is 2. The molecule has 0 aliphatic heterocycles. The van der Waals surface area contributed by atoms with E-state index in [0.717, 1.165) is 55.1 Å². The second kappa shape index (κ2) is 24.2. The molecular formula is C37H62N6O2. The van der Waals surface area contributed by atoms with E-state index in [9.17, 15) is 9.59 Å². The molecule has 2 rings (SSSR count). The summed E-state index contributed by atoms with van der Waals surface area (Å²) < 4.78 is 0. The van der Waals surface area contributed by atoms with Crippen molar-refractivity contribution in [2.75, 3.05) is 64.0 Å². The highest BCUT2D eigenvalue weighted by molar-refractivity contribution is 5.89. The number of hydrogen-bond donors (Lipinski definition) is 4. The Kier molecular flexibility index (Phi) is 20.5. The highest BCUT2D eigenvalue weighted by Crippen LogP contribution is 2.16. The van der Waals surface area contributed by atoms with Crippen LogP contribution in [0.5, 0.6) is 0 Å². The van der Waals surface area contributed by atoms with Gasteiger partial charge in [-0.1, -0.05) is 102 Å². The van der Waals surface area contributed by atoms with E-state index in [1.165, 1.54) is 77.0 Å². The first kappa shape index (κ1) is 38.1.